The van der Waals surface area contributed by atoms with E-state index in [-0.39, 0.29) is 6.61 Å². The second kappa shape index (κ2) is 9.40. The minimum absolute atomic E-state index is 0.222. The van der Waals surface area contributed by atoms with E-state index in [1.165, 1.54) is 11.3 Å². The van der Waals surface area contributed by atoms with Crippen LogP contribution in [-0.2, 0) is 6.61 Å². The standard InChI is InChI=1S/C24H16Cl2N2O2S/c1-29-21-7-4-5-15(23(21)30-14-16-9-10-18(25)12-19(16)26)11-17(13-27)24-28-20-6-2-3-8-22(20)31-24/h2-12H,14H2,1H3/b17-11+. The van der Waals surface area contributed by atoms with Crippen LogP contribution in [0.2, 0.25) is 10.0 Å². The summed E-state index contributed by atoms with van der Waals surface area (Å²) in [5, 5.41) is 11.5. The summed E-state index contributed by atoms with van der Waals surface area (Å²) in [6.45, 7) is 0.222. The van der Waals surface area contributed by atoms with Gasteiger partial charge in [0.15, 0.2) is 11.5 Å². The molecule has 154 valence electrons. The van der Waals surface area contributed by atoms with Crippen molar-refractivity contribution in [3.05, 3.63) is 86.8 Å². The number of benzene rings is 3. The van der Waals surface area contributed by atoms with Crippen LogP contribution in [-0.4, -0.2) is 12.1 Å². The Kier molecular flexibility index (Phi) is 6.43. The lowest BCUT2D eigenvalue weighted by molar-refractivity contribution is 0.284. The molecule has 4 rings (SSSR count). The van der Waals surface area contributed by atoms with Crippen molar-refractivity contribution in [1.82, 2.24) is 4.98 Å². The molecule has 0 aliphatic rings. The summed E-state index contributed by atoms with van der Waals surface area (Å²) >= 11 is 13.7. The highest BCUT2D eigenvalue weighted by Gasteiger charge is 2.14. The number of hydrogen-bond donors (Lipinski definition) is 0. The zero-order valence-corrected chi connectivity index (χ0v) is 18.8. The highest BCUT2D eigenvalue weighted by molar-refractivity contribution is 7.19. The predicted molar refractivity (Wildman–Crippen MR) is 127 cm³/mol. The van der Waals surface area contributed by atoms with Gasteiger partial charge in [0.1, 0.15) is 17.7 Å². The Morgan fingerprint density at radius 1 is 1.13 bits per heavy atom. The Labute approximate surface area is 193 Å². The van der Waals surface area contributed by atoms with Gasteiger partial charge in [0.05, 0.1) is 22.9 Å². The molecule has 0 aliphatic heterocycles. The molecule has 0 unspecified atom stereocenters. The fourth-order valence-electron chi connectivity index (χ4n) is 3.04. The Morgan fingerprint density at radius 2 is 1.97 bits per heavy atom. The molecule has 0 spiro atoms. The third-order valence-electron chi connectivity index (χ3n) is 4.56. The van der Waals surface area contributed by atoms with Gasteiger partial charge < -0.3 is 9.47 Å². The summed E-state index contributed by atoms with van der Waals surface area (Å²) in [7, 11) is 1.57. The third-order valence-corrected chi connectivity index (χ3v) is 6.22. The summed E-state index contributed by atoms with van der Waals surface area (Å²) in [5.74, 6) is 1.07. The molecule has 7 heteroatoms. The summed E-state index contributed by atoms with van der Waals surface area (Å²) < 4.78 is 12.6. The van der Waals surface area contributed by atoms with E-state index in [1.807, 2.05) is 42.5 Å². The maximum Gasteiger partial charge on any atom is 0.168 e. The van der Waals surface area contributed by atoms with E-state index in [4.69, 9.17) is 32.7 Å². The Morgan fingerprint density at radius 3 is 2.71 bits per heavy atom. The van der Waals surface area contributed by atoms with Gasteiger partial charge in [-0.15, -0.1) is 11.3 Å². The van der Waals surface area contributed by atoms with Crippen LogP contribution in [0.4, 0.5) is 0 Å². The van der Waals surface area contributed by atoms with E-state index in [0.29, 0.717) is 37.7 Å². The Balaban J connectivity index is 1.71. The maximum absolute atomic E-state index is 9.80. The van der Waals surface area contributed by atoms with Crippen molar-refractivity contribution < 1.29 is 9.47 Å². The molecule has 0 fully saturated rings. The smallest absolute Gasteiger partial charge is 0.168 e. The summed E-state index contributed by atoms with van der Waals surface area (Å²) in [5.41, 5.74) is 2.81. The highest BCUT2D eigenvalue weighted by atomic mass is 35.5. The number of halogens is 2. The fourth-order valence-corrected chi connectivity index (χ4v) is 4.43. The molecule has 0 bridgehead atoms. The molecule has 1 aromatic heterocycles. The van der Waals surface area contributed by atoms with Gasteiger partial charge >= 0.3 is 0 Å². The Bertz CT molecular complexity index is 1290. The maximum atomic E-state index is 9.80. The second-order valence-corrected chi connectivity index (χ2v) is 8.43. The molecule has 3 aromatic carbocycles. The first-order chi connectivity index (χ1) is 15.1. The van der Waals surface area contributed by atoms with Gasteiger partial charge in [-0.2, -0.15) is 5.26 Å². The van der Waals surface area contributed by atoms with Crippen molar-refractivity contribution in [3.63, 3.8) is 0 Å². The van der Waals surface area contributed by atoms with Crippen LogP contribution in [0.3, 0.4) is 0 Å². The quantitative estimate of drug-likeness (QED) is 0.280. The number of hydrogen-bond acceptors (Lipinski definition) is 5. The molecule has 0 saturated heterocycles. The molecule has 0 amide bonds. The van der Waals surface area contributed by atoms with Gasteiger partial charge in [-0.25, -0.2) is 4.98 Å². The molecular formula is C24H16Cl2N2O2S. The van der Waals surface area contributed by atoms with Crippen molar-refractivity contribution in [2.24, 2.45) is 0 Å². The highest BCUT2D eigenvalue weighted by Crippen LogP contribution is 2.36. The monoisotopic (exact) mass is 466 g/mol. The van der Waals surface area contributed by atoms with E-state index in [1.54, 1.807) is 31.4 Å². The zero-order chi connectivity index (χ0) is 21.8. The molecule has 0 aliphatic carbocycles. The molecule has 31 heavy (non-hydrogen) atoms. The largest absolute Gasteiger partial charge is 0.493 e. The van der Waals surface area contributed by atoms with Crippen LogP contribution in [0.5, 0.6) is 11.5 Å². The van der Waals surface area contributed by atoms with Gasteiger partial charge in [0.2, 0.25) is 0 Å². The molecule has 0 radical (unpaired) electrons. The number of thiazole rings is 1. The molecule has 4 nitrogen and oxygen atoms in total. The molecule has 0 atom stereocenters. The summed E-state index contributed by atoms with van der Waals surface area (Å²) in [4.78, 5) is 4.59. The van der Waals surface area contributed by atoms with Crippen molar-refractivity contribution >= 4 is 56.4 Å². The molecular weight excluding hydrogens is 451 g/mol. The number of nitrogens with zero attached hydrogens (tertiary/aromatic N) is 2. The van der Waals surface area contributed by atoms with Crippen LogP contribution in [0, 0.1) is 11.3 Å². The van der Waals surface area contributed by atoms with Crippen LogP contribution in [0.25, 0.3) is 21.9 Å². The first-order valence-electron chi connectivity index (χ1n) is 9.30. The van der Waals surface area contributed by atoms with Gasteiger partial charge in [-0.05, 0) is 36.4 Å². The number of allylic oxidation sites excluding steroid dienone is 1. The topological polar surface area (TPSA) is 55.1 Å². The van der Waals surface area contributed by atoms with Gasteiger partial charge in [0.25, 0.3) is 0 Å². The lowest BCUT2D eigenvalue weighted by atomic mass is 10.1. The van der Waals surface area contributed by atoms with Crippen molar-refractivity contribution in [1.29, 1.82) is 5.26 Å². The second-order valence-electron chi connectivity index (χ2n) is 6.56. The van der Waals surface area contributed by atoms with E-state index in [2.05, 4.69) is 11.1 Å². The van der Waals surface area contributed by atoms with Gasteiger partial charge in [0, 0.05) is 21.2 Å². The minimum Gasteiger partial charge on any atom is -0.493 e. The average molecular weight is 467 g/mol. The lowest BCUT2D eigenvalue weighted by Gasteiger charge is -2.14. The number of methoxy groups -OCH3 is 1. The normalized spacial score (nSPS) is 11.4. The van der Waals surface area contributed by atoms with Crippen LogP contribution in [0.1, 0.15) is 16.1 Å². The number of para-hydroxylation sites is 2. The van der Waals surface area contributed by atoms with Crippen molar-refractivity contribution in [2.75, 3.05) is 7.11 Å². The molecule has 0 N–H and O–H groups in total. The van der Waals surface area contributed by atoms with Crippen LogP contribution >= 0.6 is 34.5 Å². The first-order valence-corrected chi connectivity index (χ1v) is 10.9. The molecule has 0 saturated carbocycles. The van der Waals surface area contributed by atoms with E-state index in [0.717, 1.165) is 15.8 Å². The van der Waals surface area contributed by atoms with E-state index in [9.17, 15) is 5.26 Å². The lowest BCUT2D eigenvalue weighted by Crippen LogP contribution is -2.00. The summed E-state index contributed by atoms with van der Waals surface area (Å²) in [6, 6.07) is 20.8. The molecule has 4 aromatic rings. The van der Waals surface area contributed by atoms with Gasteiger partial charge in [-0.1, -0.05) is 53.5 Å². The zero-order valence-electron chi connectivity index (χ0n) is 16.4. The predicted octanol–water partition coefficient (Wildman–Crippen LogP) is 7.25. The van der Waals surface area contributed by atoms with E-state index >= 15 is 0 Å². The van der Waals surface area contributed by atoms with E-state index < -0.39 is 0 Å². The van der Waals surface area contributed by atoms with Crippen LogP contribution in [0.15, 0.2) is 60.7 Å². The van der Waals surface area contributed by atoms with Crippen molar-refractivity contribution in [2.45, 2.75) is 6.61 Å². The third kappa shape index (κ3) is 4.67. The Hall–Kier alpha value is -3.04. The fraction of sp³-hybridized carbons (Fsp3) is 0.0833. The number of ether oxygens (including phenoxy) is 2. The number of nitriles is 1. The average Bonchev–Trinajstić information content (AvgIpc) is 3.21. The minimum atomic E-state index is 0.222. The number of aromatic nitrogens is 1. The summed E-state index contributed by atoms with van der Waals surface area (Å²) in [6.07, 6.45) is 1.76. The first kappa shape index (κ1) is 21.2. The van der Waals surface area contributed by atoms with Crippen LogP contribution < -0.4 is 9.47 Å². The number of fused-ring (bicyclic) bond motifs is 1. The van der Waals surface area contributed by atoms with Gasteiger partial charge in [-0.3, -0.25) is 0 Å². The SMILES string of the molecule is COc1cccc(/C=C(\C#N)c2nc3ccccc3s2)c1OCc1ccc(Cl)cc1Cl. The molecule has 1 heterocycles. The number of rotatable bonds is 6. The van der Waals surface area contributed by atoms with Crippen molar-refractivity contribution in [3.8, 4) is 17.6 Å².